The van der Waals surface area contributed by atoms with Gasteiger partial charge in [-0.15, -0.1) is 0 Å². The van der Waals surface area contributed by atoms with Gasteiger partial charge in [-0.05, 0) is 50.4 Å². The first-order valence-corrected chi connectivity index (χ1v) is 8.29. The van der Waals surface area contributed by atoms with Crippen LogP contribution in [0.1, 0.15) is 37.2 Å². The fraction of sp³-hybridized carbons (Fsp3) is 0.611. The van der Waals surface area contributed by atoms with Crippen LogP contribution in [-0.4, -0.2) is 54.9 Å². The van der Waals surface area contributed by atoms with Crippen LogP contribution in [0.2, 0.25) is 0 Å². The number of aliphatic hydroxyl groups is 1. The second-order valence-corrected chi connectivity index (χ2v) is 6.59. The third-order valence-corrected chi connectivity index (χ3v) is 5.32. The molecule has 2 bridgehead atoms. The summed E-state index contributed by atoms with van der Waals surface area (Å²) in [6.45, 7) is -0.245. The van der Waals surface area contributed by atoms with E-state index >= 15 is 0 Å². The van der Waals surface area contributed by atoms with E-state index in [0.29, 0.717) is 12.1 Å². The van der Waals surface area contributed by atoms with Crippen LogP contribution in [-0.2, 0) is 9.53 Å². The van der Waals surface area contributed by atoms with Crippen molar-refractivity contribution in [3.05, 3.63) is 29.8 Å². The summed E-state index contributed by atoms with van der Waals surface area (Å²) in [6, 6.07) is 8.25. The van der Waals surface area contributed by atoms with Crippen molar-refractivity contribution in [2.75, 3.05) is 20.8 Å². The Kier molecular flexibility index (Phi) is 4.87. The van der Waals surface area contributed by atoms with Gasteiger partial charge >= 0.3 is 5.97 Å². The van der Waals surface area contributed by atoms with E-state index in [0.717, 1.165) is 24.2 Å². The van der Waals surface area contributed by atoms with E-state index in [2.05, 4.69) is 11.9 Å². The molecule has 3 atom stereocenters. The van der Waals surface area contributed by atoms with Gasteiger partial charge in [0.05, 0.1) is 13.7 Å². The largest absolute Gasteiger partial charge is 0.497 e. The molecule has 0 amide bonds. The number of hydrogen-bond donors (Lipinski definition) is 1. The number of carbonyl (C=O) groups excluding carboxylic acids is 1. The van der Waals surface area contributed by atoms with Crippen molar-refractivity contribution >= 4 is 5.97 Å². The van der Waals surface area contributed by atoms with Crippen molar-refractivity contribution in [2.45, 2.75) is 49.8 Å². The molecule has 1 aromatic carbocycles. The smallest absolute Gasteiger partial charge is 0.316 e. The molecule has 0 saturated carbocycles. The molecule has 5 heteroatoms. The third kappa shape index (κ3) is 3.35. The second-order valence-electron chi connectivity index (χ2n) is 6.59. The standard InChI is InChI=1S/C18H25NO4/c1-19-13-5-6-14(19)10-16(9-13)23-18(21)17(11-20)12-3-7-15(22-2)8-4-12/h3-4,7-8,13-14,16-17,20H,5-6,9-11H2,1-2H3. The Hall–Kier alpha value is -1.59. The lowest BCUT2D eigenvalue weighted by Crippen LogP contribution is -2.43. The van der Waals surface area contributed by atoms with Crippen LogP contribution in [0.4, 0.5) is 0 Å². The van der Waals surface area contributed by atoms with Crippen molar-refractivity contribution in [1.82, 2.24) is 4.90 Å². The number of carbonyl (C=O) groups is 1. The summed E-state index contributed by atoms with van der Waals surface area (Å²) < 4.78 is 10.8. The van der Waals surface area contributed by atoms with E-state index in [1.165, 1.54) is 12.8 Å². The molecular formula is C18H25NO4. The Bertz CT molecular complexity index is 530. The summed E-state index contributed by atoms with van der Waals surface area (Å²) in [4.78, 5) is 14.9. The van der Waals surface area contributed by atoms with Crippen LogP contribution in [0, 0.1) is 0 Å². The molecular weight excluding hydrogens is 294 g/mol. The van der Waals surface area contributed by atoms with E-state index in [9.17, 15) is 9.90 Å². The number of aliphatic hydroxyl groups excluding tert-OH is 1. The number of rotatable bonds is 5. The van der Waals surface area contributed by atoms with Crippen LogP contribution in [0.5, 0.6) is 5.75 Å². The number of fused-ring (bicyclic) bond motifs is 2. The normalized spacial score (nSPS) is 28.4. The van der Waals surface area contributed by atoms with Gasteiger partial charge in [0, 0.05) is 12.1 Å². The number of hydrogen-bond acceptors (Lipinski definition) is 5. The SMILES string of the molecule is COc1ccc(C(CO)C(=O)OC2CC3CCC(C2)N3C)cc1. The average Bonchev–Trinajstić information content (AvgIpc) is 2.77. The molecule has 0 aromatic heterocycles. The average molecular weight is 319 g/mol. The fourth-order valence-electron chi connectivity index (χ4n) is 3.86. The highest BCUT2D eigenvalue weighted by Crippen LogP contribution is 2.36. The maximum absolute atomic E-state index is 12.5. The van der Waals surface area contributed by atoms with Crippen LogP contribution in [0.15, 0.2) is 24.3 Å². The molecule has 2 saturated heterocycles. The Labute approximate surface area is 137 Å². The predicted octanol–water partition coefficient (Wildman–Crippen LogP) is 1.94. The predicted molar refractivity (Wildman–Crippen MR) is 86.5 cm³/mol. The van der Waals surface area contributed by atoms with Gasteiger partial charge in [0.15, 0.2) is 0 Å². The molecule has 126 valence electrons. The van der Waals surface area contributed by atoms with Crippen LogP contribution in [0.25, 0.3) is 0 Å². The summed E-state index contributed by atoms with van der Waals surface area (Å²) in [5.74, 6) is -0.226. The van der Waals surface area contributed by atoms with E-state index in [1.54, 1.807) is 31.4 Å². The number of esters is 1. The molecule has 2 aliphatic heterocycles. The highest BCUT2D eigenvalue weighted by atomic mass is 16.5. The zero-order chi connectivity index (χ0) is 16.4. The van der Waals surface area contributed by atoms with Gasteiger partial charge in [0.2, 0.25) is 0 Å². The zero-order valence-corrected chi connectivity index (χ0v) is 13.8. The first kappa shape index (κ1) is 16.3. The van der Waals surface area contributed by atoms with Crippen LogP contribution < -0.4 is 4.74 Å². The molecule has 5 nitrogen and oxygen atoms in total. The highest BCUT2D eigenvalue weighted by Gasteiger charge is 2.40. The number of nitrogens with zero attached hydrogens (tertiary/aromatic N) is 1. The van der Waals surface area contributed by atoms with Crippen molar-refractivity contribution in [3.63, 3.8) is 0 Å². The lowest BCUT2D eigenvalue weighted by atomic mass is 9.98. The number of piperidine rings is 1. The van der Waals surface area contributed by atoms with Crippen LogP contribution in [0.3, 0.4) is 0 Å². The summed E-state index contributed by atoms with van der Waals surface area (Å²) in [6.07, 6.45) is 4.16. The second kappa shape index (κ2) is 6.89. The van der Waals surface area contributed by atoms with E-state index in [4.69, 9.17) is 9.47 Å². The van der Waals surface area contributed by atoms with E-state index in [-0.39, 0.29) is 18.7 Å². The molecule has 2 heterocycles. The Balaban J connectivity index is 1.63. The van der Waals surface area contributed by atoms with Crippen LogP contribution >= 0.6 is 0 Å². The van der Waals surface area contributed by atoms with Crippen molar-refractivity contribution in [2.24, 2.45) is 0 Å². The van der Waals surface area contributed by atoms with Gasteiger partial charge in [0.25, 0.3) is 0 Å². The minimum atomic E-state index is -0.627. The maximum Gasteiger partial charge on any atom is 0.316 e. The summed E-state index contributed by atoms with van der Waals surface area (Å²) >= 11 is 0. The maximum atomic E-state index is 12.5. The van der Waals surface area contributed by atoms with Gasteiger partial charge in [0.1, 0.15) is 17.8 Å². The van der Waals surface area contributed by atoms with Crippen molar-refractivity contribution in [1.29, 1.82) is 0 Å². The summed E-state index contributed by atoms with van der Waals surface area (Å²) in [7, 11) is 3.76. The third-order valence-electron chi connectivity index (χ3n) is 5.32. The first-order valence-electron chi connectivity index (χ1n) is 8.29. The topological polar surface area (TPSA) is 59.0 Å². The number of benzene rings is 1. The Morgan fingerprint density at radius 1 is 1.26 bits per heavy atom. The zero-order valence-electron chi connectivity index (χ0n) is 13.8. The van der Waals surface area contributed by atoms with Gasteiger partial charge in [-0.3, -0.25) is 4.79 Å². The summed E-state index contributed by atoms with van der Waals surface area (Å²) in [5, 5.41) is 9.62. The van der Waals surface area contributed by atoms with Crippen molar-refractivity contribution in [3.8, 4) is 5.75 Å². The molecule has 3 unspecified atom stereocenters. The molecule has 3 rings (SSSR count). The number of ether oxygens (including phenoxy) is 2. The molecule has 0 spiro atoms. The quantitative estimate of drug-likeness (QED) is 0.841. The monoisotopic (exact) mass is 319 g/mol. The fourth-order valence-corrected chi connectivity index (χ4v) is 3.86. The van der Waals surface area contributed by atoms with Gasteiger partial charge in [-0.25, -0.2) is 0 Å². The lowest BCUT2D eigenvalue weighted by Gasteiger charge is -2.36. The van der Waals surface area contributed by atoms with Crippen molar-refractivity contribution < 1.29 is 19.4 Å². The van der Waals surface area contributed by atoms with Gasteiger partial charge in [-0.1, -0.05) is 12.1 Å². The Morgan fingerprint density at radius 3 is 2.39 bits per heavy atom. The van der Waals surface area contributed by atoms with E-state index < -0.39 is 5.92 Å². The minimum Gasteiger partial charge on any atom is -0.497 e. The molecule has 1 N–H and O–H groups in total. The lowest BCUT2D eigenvalue weighted by molar-refractivity contribution is -0.155. The van der Waals surface area contributed by atoms with Gasteiger partial charge < -0.3 is 19.5 Å². The van der Waals surface area contributed by atoms with Gasteiger partial charge in [-0.2, -0.15) is 0 Å². The highest BCUT2D eigenvalue weighted by molar-refractivity contribution is 5.78. The minimum absolute atomic E-state index is 0.0245. The number of methoxy groups -OCH3 is 1. The molecule has 1 aromatic rings. The molecule has 0 aliphatic carbocycles. The molecule has 2 aliphatic rings. The molecule has 23 heavy (non-hydrogen) atoms. The molecule has 0 radical (unpaired) electrons. The molecule has 2 fully saturated rings. The van der Waals surface area contributed by atoms with E-state index in [1.807, 2.05) is 0 Å². The summed E-state index contributed by atoms with van der Waals surface area (Å²) in [5.41, 5.74) is 0.759. The Morgan fingerprint density at radius 2 is 1.87 bits per heavy atom. The first-order chi connectivity index (χ1) is 11.1.